The molecule has 1 atom stereocenters. The van der Waals surface area contributed by atoms with Crippen molar-refractivity contribution < 1.29 is 38.2 Å². The van der Waals surface area contributed by atoms with Crippen LogP contribution in [0.4, 0.5) is 4.79 Å². The quantitative estimate of drug-likeness (QED) is 0.246. The van der Waals surface area contributed by atoms with E-state index in [0.717, 1.165) is 0 Å². The number of nitrogens with one attached hydrogen (secondary N) is 4. The molecule has 0 fully saturated rings. The Bertz CT molecular complexity index is 907. The van der Waals surface area contributed by atoms with Crippen molar-refractivity contribution in [2.45, 2.75) is 97.5 Å². The van der Waals surface area contributed by atoms with Crippen LogP contribution >= 0.6 is 0 Å². The van der Waals surface area contributed by atoms with Crippen LogP contribution in [0.25, 0.3) is 0 Å². The summed E-state index contributed by atoms with van der Waals surface area (Å²) in [4.78, 5) is 62.8. The van der Waals surface area contributed by atoms with Crippen LogP contribution in [0.1, 0.15) is 69.2 Å². The number of hydrogen-bond donors (Lipinski definition) is 4. The van der Waals surface area contributed by atoms with Gasteiger partial charge in [0.2, 0.25) is 17.7 Å². The predicted octanol–water partition coefficient (Wildman–Crippen LogP) is 0.735. The summed E-state index contributed by atoms with van der Waals surface area (Å²) in [6.07, 6.45) is 1.53. The predicted molar refractivity (Wildman–Crippen MR) is 131 cm³/mol. The van der Waals surface area contributed by atoms with Gasteiger partial charge in [0.1, 0.15) is 41.0 Å². The average Bonchev–Trinajstić information content (AvgIpc) is 2.69. The molecule has 12 nitrogen and oxygen atoms in total. The Morgan fingerprint density at radius 1 is 0.778 bits per heavy atom. The first-order valence-corrected chi connectivity index (χ1v) is 11.3. The number of amides is 4. The summed E-state index contributed by atoms with van der Waals surface area (Å²) in [5.74, 6) is -0.323. The van der Waals surface area contributed by atoms with Crippen LogP contribution in [-0.2, 0) is 33.4 Å². The van der Waals surface area contributed by atoms with E-state index in [1.807, 2.05) is 0 Å². The first-order valence-electron chi connectivity index (χ1n) is 11.3. The Morgan fingerprint density at radius 3 is 1.78 bits per heavy atom. The van der Waals surface area contributed by atoms with Gasteiger partial charge in [-0.15, -0.1) is 0 Å². The fourth-order valence-corrected chi connectivity index (χ4v) is 2.53. The van der Waals surface area contributed by atoms with Gasteiger partial charge >= 0.3 is 12.1 Å². The molecule has 0 aromatic carbocycles. The largest absolute Gasteiger partial charge is 0.467 e. The van der Waals surface area contributed by atoms with Crippen LogP contribution in [0.3, 0.4) is 0 Å². The fraction of sp³-hybridized carbons (Fsp3) is 0.708. The van der Waals surface area contributed by atoms with Crippen LogP contribution in [0, 0.1) is 12.0 Å². The van der Waals surface area contributed by atoms with Crippen LogP contribution in [0.2, 0.25) is 0 Å². The first kappa shape index (κ1) is 32.5. The zero-order chi connectivity index (χ0) is 28.5. The molecule has 0 saturated heterocycles. The van der Waals surface area contributed by atoms with E-state index in [1.165, 1.54) is 55.6 Å². The number of esters is 1. The molecule has 0 rings (SSSR count). The van der Waals surface area contributed by atoms with Gasteiger partial charge in [0.15, 0.2) is 0 Å². The van der Waals surface area contributed by atoms with E-state index >= 15 is 0 Å². The Balaban J connectivity index is 5.53. The number of alkyl carbamates (subject to hydrolysis) is 1. The summed E-state index contributed by atoms with van der Waals surface area (Å²) in [7, 11) is 1.18. The standard InChI is InChI=1S/C24H40N4O8/c1-12-13-35-14-15(16(29)26-24(9,10)19(32)34-11)25-17(30)22(5,6)27-18(31)23(7,8)28-20(33)36-21(2,3)4/h15H,14H2,1-11H3,(H,25,30)(H,26,29)(H,27,31)(H,28,33)/t15-/m0/s1. The molecular formula is C24H40N4O8. The number of carbonyl (C=O) groups excluding carboxylic acids is 5. The van der Waals surface area contributed by atoms with Crippen LogP contribution in [-0.4, -0.2) is 71.8 Å². The van der Waals surface area contributed by atoms with E-state index in [9.17, 15) is 24.0 Å². The molecule has 0 heterocycles. The smallest absolute Gasteiger partial charge is 0.408 e. The Hall–Kier alpha value is -3.49. The van der Waals surface area contributed by atoms with Crippen LogP contribution in [0.5, 0.6) is 0 Å². The highest BCUT2D eigenvalue weighted by Crippen LogP contribution is 2.12. The maximum atomic E-state index is 13.0. The molecular weight excluding hydrogens is 472 g/mol. The Labute approximate surface area is 212 Å². The van der Waals surface area contributed by atoms with E-state index in [0.29, 0.717) is 0 Å². The molecule has 0 saturated carbocycles. The van der Waals surface area contributed by atoms with Gasteiger partial charge < -0.3 is 35.5 Å². The highest BCUT2D eigenvalue weighted by Gasteiger charge is 2.40. The van der Waals surface area contributed by atoms with Crippen molar-refractivity contribution in [3.63, 3.8) is 0 Å². The van der Waals surface area contributed by atoms with Gasteiger partial charge in [-0.1, -0.05) is 5.92 Å². The summed E-state index contributed by atoms with van der Waals surface area (Å²) < 4.78 is 15.0. The normalized spacial score (nSPS) is 12.6. The summed E-state index contributed by atoms with van der Waals surface area (Å²) in [6.45, 7) is 14.9. The summed E-state index contributed by atoms with van der Waals surface area (Å²) >= 11 is 0. The highest BCUT2D eigenvalue weighted by molar-refractivity contribution is 5.98. The van der Waals surface area contributed by atoms with E-state index in [1.54, 1.807) is 20.8 Å². The number of carbonyl (C=O) groups is 5. The summed E-state index contributed by atoms with van der Waals surface area (Å²) in [5.41, 5.74) is -5.10. The molecule has 0 unspecified atom stereocenters. The van der Waals surface area contributed by atoms with Crippen molar-refractivity contribution in [3.05, 3.63) is 0 Å². The van der Waals surface area contributed by atoms with E-state index in [4.69, 9.17) is 9.47 Å². The van der Waals surface area contributed by atoms with Gasteiger partial charge in [-0.3, -0.25) is 14.4 Å². The lowest BCUT2D eigenvalue weighted by atomic mass is 9.98. The van der Waals surface area contributed by atoms with Crippen molar-refractivity contribution in [1.29, 1.82) is 0 Å². The maximum Gasteiger partial charge on any atom is 0.408 e. The van der Waals surface area contributed by atoms with Gasteiger partial charge in [0.25, 0.3) is 0 Å². The van der Waals surface area contributed by atoms with Crippen molar-refractivity contribution in [2.75, 3.05) is 13.7 Å². The lowest BCUT2D eigenvalue weighted by Crippen LogP contribution is -2.65. The van der Waals surface area contributed by atoms with Crippen molar-refractivity contribution in [1.82, 2.24) is 21.3 Å². The number of rotatable bonds is 10. The third-order valence-electron chi connectivity index (χ3n) is 4.55. The number of methoxy groups -OCH3 is 1. The van der Waals surface area contributed by atoms with Gasteiger partial charge in [-0.25, -0.2) is 9.59 Å². The third kappa shape index (κ3) is 10.8. The molecule has 4 N–H and O–H groups in total. The number of hydrogen-bond acceptors (Lipinski definition) is 8. The first-order chi connectivity index (χ1) is 16.2. The van der Waals surface area contributed by atoms with Gasteiger partial charge in [-0.2, -0.15) is 0 Å². The zero-order valence-electron chi connectivity index (χ0n) is 23.1. The molecule has 204 valence electrons. The molecule has 12 heteroatoms. The molecule has 0 aromatic rings. The van der Waals surface area contributed by atoms with Crippen LogP contribution < -0.4 is 21.3 Å². The summed E-state index contributed by atoms with van der Waals surface area (Å²) in [5, 5.41) is 10.0. The molecule has 0 aliphatic rings. The van der Waals surface area contributed by atoms with Crippen molar-refractivity contribution in [3.8, 4) is 12.0 Å². The second-order valence-corrected chi connectivity index (χ2v) is 10.6. The molecule has 0 aromatic heterocycles. The minimum Gasteiger partial charge on any atom is -0.467 e. The van der Waals surface area contributed by atoms with Gasteiger partial charge in [0, 0.05) is 6.92 Å². The van der Waals surface area contributed by atoms with E-state index in [-0.39, 0.29) is 6.61 Å². The molecule has 0 aliphatic carbocycles. The topological polar surface area (TPSA) is 161 Å². The molecule has 0 bridgehead atoms. The average molecular weight is 513 g/mol. The molecule has 36 heavy (non-hydrogen) atoms. The molecule has 4 amide bonds. The minimum absolute atomic E-state index is 0.328. The van der Waals surface area contributed by atoms with Gasteiger partial charge in [-0.05, 0) is 62.3 Å². The maximum absolute atomic E-state index is 13.0. The summed E-state index contributed by atoms with van der Waals surface area (Å²) in [6, 6.07) is -1.26. The second-order valence-electron chi connectivity index (χ2n) is 10.6. The minimum atomic E-state index is -1.52. The SMILES string of the molecule is CC#COC[C@H](NC(=O)C(C)(C)NC(=O)C(C)(C)NC(=O)OC(C)(C)C)C(=O)NC(C)(C)C(=O)OC. The zero-order valence-corrected chi connectivity index (χ0v) is 23.1. The van der Waals surface area contributed by atoms with Crippen molar-refractivity contribution in [2.24, 2.45) is 0 Å². The number of ether oxygens (including phenoxy) is 3. The monoisotopic (exact) mass is 512 g/mol. The Morgan fingerprint density at radius 2 is 1.31 bits per heavy atom. The van der Waals surface area contributed by atoms with E-state index in [2.05, 4.69) is 38.0 Å². The molecule has 0 aliphatic heterocycles. The highest BCUT2D eigenvalue weighted by atomic mass is 16.6. The molecule has 0 spiro atoms. The lowest BCUT2D eigenvalue weighted by molar-refractivity contribution is -0.150. The van der Waals surface area contributed by atoms with Gasteiger partial charge in [0.05, 0.1) is 7.11 Å². The van der Waals surface area contributed by atoms with E-state index < -0.39 is 58.0 Å². The molecule has 0 radical (unpaired) electrons. The lowest BCUT2D eigenvalue weighted by Gasteiger charge is -2.33. The second kappa shape index (κ2) is 12.5. The van der Waals surface area contributed by atoms with Crippen LogP contribution in [0.15, 0.2) is 0 Å². The Kier molecular flexibility index (Phi) is 11.3. The third-order valence-corrected chi connectivity index (χ3v) is 4.55. The fourth-order valence-electron chi connectivity index (χ4n) is 2.53. The van der Waals surface area contributed by atoms with Crippen molar-refractivity contribution >= 4 is 29.8 Å².